The van der Waals surface area contributed by atoms with Crippen LogP contribution in [-0.4, -0.2) is 21.0 Å². The standard InChI is InChI=1S/C12H8N4O3S/c17-12(9-5-6-10(20-9)16(18)19)13-11-7-3-1-2-4-8(7)14-15-11/h1-6H,(H2,13,14,15,17). The number of benzene rings is 1. The number of H-pyrrole nitrogens is 1. The van der Waals surface area contributed by atoms with Crippen LogP contribution in [0, 0.1) is 10.1 Å². The van der Waals surface area contributed by atoms with Gasteiger partial charge in [-0.3, -0.25) is 20.0 Å². The highest BCUT2D eigenvalue weighted by Gasteiger charge is 2.16. The Hall–Kier alpha value is -2.74. The van der Waals surface area contributed by atoms with Crippen molar-refractivity contribution in [1.82, 2.24) is 10.2 Å². The number of amides is 1. The molecule has 3 aromatic rings. The maximum absolute atomic E-state index is 12.0. The highest BCUT2D eigenvalue weighted by molar-refractivity contribution is 7.17. The number of anilines is 1. The highest BCUT2D eigenvalue weighted by atomic mass is 32.1. The number of para-hydroxylation sites is 1. The second-order valence-electron chi connectivity index (χ2n) is 3.97. The highest BCUT2D eigenvalue weighted by Crippen LogP contribution is 2.26. The third-order valence-corrected chi connectivity index (χ3v) is 3.73. The van der Waals surface area contributed by atoms with Crippen LogP contribution in [0.25, 0.3) is 10.9 Å². The van der Waals surface area contributed by atoms with Crippen molar-refractivity contribution in [2.24, 2.45) is 0 Å². The number of hydrogen-bond donors (Lipinski definition) is 2. The van der Waals surface area contributed by atoms with Crippen molar-refractivity contribution in [1.29, 1.82) is 0 Å². The van der Waals surface area contributed by atoms with Crippen molar-refractivity contribution >= 4 is 39.0 Å². The van der Waals surface area contributed by atoms with Gasteiger partial charge in [0.15, 0.2) is 5.82 Å². The number of fused-ring (bicyclic) bond motifs is 1. The number of carbonyl (C=O) groups excluding carboxylic acids is 1. The molecule has 7 nitrogen and oxygen atoms in total. The number of hydrogen-bond acceptors (Lipinski definition) is 5. The fourth-order valence-corrected chi connectivity index (χ4v) is 2.49. The van der Waals surface area contributed by atoms with Gasteiger partial charge in [0.2, 0.25) is 0 Å². The molecule has 0 radical (unpaired) electrons. The molecule has 0 spiro atoms. The Morgan fingerprint density at radius 3 is 2.85 bits per heavy atom. The van der Waals surface area contributed by atoms with E-state index < -0.39 is 10.8 Å². The zero-order valence-corrected chi connectivity index (χ0v) is 10.8. The van der Waals surface area contributed by atoms with Crippen LogP contribution in [0.5, 0.6) is 0 Å². The minimum atomic E-state index is -0.522. The molecule has 0 unspecified atom stereocenters. The number of nitro groups is 1. The summed E-state index contributed by atoms with van der Waals surface area (Å²) in [6.07, 6.45) is 0. The molecule has 0 aliphatic rings. The lowest BCUT2D eigenvalue weighted by atomic mass is 10.2. The predicted molar refractivity (Wildman–Crippen MR) is 75.0 cm³/mol. The molecule has 8 heteroatoms. The van der Waals surface area contributed by atoms with Crippen LogP contribution in [0.4, 0.5) is 10.8 Å². The number of carbonyl (C=O) groups is 1. The molecule has 2 N–H and O–H groups in total. The topological polar surface area (TPSA) is 101 Å². The van der Waals surface area contributed by atoms with E-state index in [9.17, 15) is 14.9 Å². The van der Waals surface area contributed by atoms with Crippen molar-refractivity contribution in [3.8, 4) is 0 Å². The van der Waals surface area contributed by atoms with Crippen LogP contribution in [0.15, 0.2) is 36.4 Å². The van der Waals surface area contributed by atoms with Gasteiger partial charge in [-0.2, -0.15) is 5.10 Å². The third kappa shape index (κ3) is 2.12. The first-order chi connectivity index (χ1) is 9.65. The summed E-state index contributed by atoms with van der Waals surface area (Å²) in [7, 11) is 0. The maximum Gasteiger partial charge on any atom is 0.324 e. The zero-order valence-electron chi connectivity index (χ0n) is 9.99. The van der Waals surface area contributed by atoms with E-state index in [0.29, 0.717) is 5.82 Å². The van der Waals surface area contributed by atoms with Crippen molar-refractivity contribution < 1.29 is 9.72 Å². The van der Waals surface area contributed by atoms with E-state index in [1.807, 2.05) is 24.3 Å². The van der Waals surface area contributed by atoms with Crippen LogP contribution in [-0.2, 0) is 0 Å². The van der Waals surface area contributed by atoms with Gasteiger partial charge in [0.25, 0.3) is 5.91 Å². The summed E-state index contributed by atoms with van der Waals surface area (Å²) in [4.78, 5) is 22.4. The average molecular weight is 288 g/mol. The molecule has 0 saturated carbocycles. The van der Waals surface area contributed by atoms with Crippen LogP contribution >= 0.6 is 11.3 Å². The summed E-state index contributed by atoms with van der Waals surface area (Å²) >= 11 is 0.827. The molecule has 0 atom stereocenters. The molecule has 20 heavy (non-hydrogen) atoms. The molecule has 1 amide bonds. The van der Waals surface area contributed by atoms with Gasteiger partial charge in [-0.25, -0.2) is 0 Å². The summed E-state index contributed by atoms with van der Waals surface area (Å²) in [6.45, 7) is 0. The largest absolute Gasteiger partial charge is 0.324 e. The second kappa shape index (κ2) is 4.74. The van der Waals surface area contributed by atoms with E-state index in [0.717, 1.165) is 22.2 Å². The van der Waals surface area contributed by atoms with E-state index in [1.54, 1.807) is 0 Å². The number of rotatable bonds is 3. The molecule has 0 bridgehead atoms. The molecular formula is C12H8N4O3S. The second-order valence-corrected chi connectivity index (χ2v) is 5.03. The molecule has 2 heterocycles. The normalized spacial score (nSPS) is 10.6. The molecular weight excluding hydrogens is 280 g/mol. The van der Waals surface area contributed by atoms with Gasteiger partial charge in [0.05, 0.1) is 15.3 Å². The first-order valence-corrected chi connectivity index (χ1v) is 6.45. The van der Waals surface area contributed by atoms with Gasteiger partial charge in [0, 0.05) is 11.5 Å². The van der Waals surface area contributed by atoms with Gasteiger partial charge in [-0.05, 0) is 18.2 Å². The average Bonchev–Trinajstić information content (AvgIpc) is 3.06. The summed E-state index contributed by atoms with van der Waals surface area (Å²) in [5, 5.41) is 20.8. The van der Waals surface area contributed by atoms with Crippen molar-refractivity contribution in [2.75, 3.05) is 5.32 Å². The molecule has 1 aromatic carbocycles. The Labute approximate surface area is 116 Å². The minimum absolute atomic E-state index is 0.0676. The Balaban J connectivity index is 1.86. The Morgan fingerprint density at radius 2 is 2.10 bits per heavy atom. The lowest BCUT2D eigenvalue weighted by Crippen LogP contribution is -2.10. The number of nitrogens with zero attached hydrogens (tertiary/aromatic N) is 2. The lowest BCUT2D eigenvalue weighted by Gasteiger charge is -1.99. The van der Waals surface area contributed by atoms with Crippen LogP contribution in [0.1, 0.15) is 9.67 Å². The quantitative estimate of drug-likeness (QED) is 0.571. The van der Waals surface area contributed by atoms with E-state index in [2.05, 4.69) is 15.5 Å². The fourth-order valence-electron chi connectivity index (χ4n) is 1.78. The smallest absolute Gasteiger partial charge is 0.304 e. The van der Waals surface area contributed by atoms with Gasteiger partial charge in [-0.1, -0.05) is 23.5 Å². The molecule has 2 aromatic heterocycles. The van der Waals surface area contributed by atoms with Crippen molar-refractivity contribution in [2.45, 2.75) is 0 Å². The SMILES string of the molecule is O=C(Nc1n[nH]c2ccccc12)c1ccc([N+](=O)[O-])s1. The number of aromatic amines is 1. The summed E-state index contributed by atoms with van der Waals surface area (Å²) in [6, 6.07) is 10.1. The van der Waals surface area contributed by atoms with Crippen LogP contribution in [0.3, 0.4) is 0 Å². The molecule has 0 saturated heterocycles. The Kier molecular flexibility index (Phi) is 2.92. The first-order valence-electron chi connectivity index (χ1n) is 5.64. The van der Waals surface area contributed by atoms with E-state index >= 15 is 0 Å². The van der Waals surface area contributed by atoms with Gasteiger partial charge < -0.3 is 5.32 Å². The zero-order chi connectivity index (χ0) is 14.1. The van der Waals surface area contributed by atoms with E-state index in [1.165, 1.54) is 12.1 Å². The van der Waals surface area contributed by atoms with Gasteiger partial charge >= 0.3 is 5.00 Å². The predicted octanol–water partition coefficient (Wildman–Crippen LogP) is 2.78. The lowest BCUT2D eigenvalue weighted by molar-refractivity contribution is -0.380. The third-order valence-electron chi connectivity index (χ3n) is 2.70. The molecule has 0 aliphatic carbocycles. The molecule has 100 valence electrons. The Morgan fingerprint density at radius 1 is 1.30 bits per heavy atom. The molecule has 3 rings (SSSR count). The Bertz CT molecular complexity index is 808. The van der Waals surface area contributed by atoms with Crippen LogP contribution < -0.4 is 5.32 Å². The number of thiophene rings is 1. The monoisotopic (exact) mass is 288 g/mol. The number of nitrogens with one attached hydrogen (secondary N) is 2. The summed E-state index contributed by atoms with van der Waals surface area (Å²) in [5.41, 5.74) is 0.806. The van der Waals surface area contributed by atoms with Gasteiger partial charge in [-0.15, -0.1) is 0 Å². The first kappa shape index (κ1) is 12.3. The van der Waals surface area contributed by atoms with E-state index in [4.69, 9.17) is 0 Å². The van der Waals surface area contributed by atoms with Crippen molar-refractivity contribution in [3.05, 3.63) is 51.4 Å². The maximum atomic E-state index is 12.0. The summed E-state index contributed by atoms with van der Waals surface area (Å²) < 4.78 is 0. The van der Waals surface area contributed by atoms with Crippen LogP contribution in [0.2, 0.25) is 0 Å². The van der Waals surface area contributed by atoms with Crippen molar-refractivity contribution in [3.63, 3.8) is 0 Å². The summed E-state index contributed by atoms with van der Waals surface area (Å²) in [5.74, 6) is -0.0120. The van der Waals surface area contributed by atoms with E-state index in [-0.39, 0.29) is 9.88 Å². The minimum Gasteiger partial charge on any atom is -0.304 e. The molecule has 0 fully saturated rings. The number of aromatic nitrogens is 2. The molecule has 0 aliphatic heterocycles. The van der Waals surface area contributed by atoms with Gasteiger partial charge in [0.1, 0.15) is 0 Å². The fraction of sp³-hybridized carbons (Fsp3) is 0.